The molecule has 0 saturated carbocycles. The first-order valence-electron chi connectivity index (χ1n) is 10.7. The topological polar surface area (TPSA) is 95.8 Å². The summed E-state index contributed by atoms with van der Waals surface area (Å²) in [4.78, 5) is 32.5. The molecule has 0 atom stereocenters. The number of nitrogens with one attached hydrogen (secondary N) is 1. The van der Waals surface area contributed by atoms with Crippen LogP contribution in [0, 0.1) is 11.3 Å². The van der Waals surface area contributed by atoms with Crippen molar-refractivity contribution in [3.63, 3.8) is 0 Å². The van der Waals surface area contributed by atoms with Gasteiger partial charge in [-0.3, -0.25) is 4.79 Å². The van der Waals surface area contributed by atoms with E-state index in [-0.39, 0.29) is 5.56 Å². The average Bonchev–Trinajstić information content (AvgIpc) is 2.91. The van der Waals surface area contributed by atoms with Crippen LogP contribution in [-0.4, -0.2) is 23.0 Å². The lowest BCUT2D eigenvalue weighted by Gasteiger charge is -2.08. The SMILES string of the molecule is COC(=O)c1ccc(CSc2nc(-c3ccc(SCc4ccccc4)cc3)c(C#N)c(=O)[nH]2)cc1. The van der Waals surface area contributed by atoms with Crippen LogP contribution in [0.25, 0.3) is 11.3 Å². The Hall–Kier alpha value is -3.80. The van der Waals surface area contributed by atoms with E-state index < -0.39 is 11.5 Å². The van der Waals surface area contributed by atoms with Gasteiger partial charge in [0.1, 0.15) is 11.6 Å². The van der Waals surface area contributed by atoms with Gasteiger partial charge in [-0.2, -0.15) is 5.26 Å². The van der Waals surface area contributed by atoms with Crippen LogP contribution in [0.2, 0.25) is 0 Å². The highest BCUT2D eigenvalue weighted by Gasteiger charge is 2.14. The number of hydrogen-bond acceptors (Lipinski definition) is 7. The number of aromatic amines is 1. The lowest BCUT2D eigenvalue weighted by Crippen LogP contribution is -2.14. The third-order valence-electron chi connectivity index (χ3n) is 5.14. The number of esters is 1. The minimum atomic E-state index is -0.469. The fourth-order valence-electron chi connectivity index (χ4n) is 3.29. The van der Waals surface area contributed by atoms with Gasteiger partial charge >= 0.3 is 5.97 Å². The van der Waals surface area contributed by atoms with Gasteiger partial charge in [0.15, 0.2) is 5.16 Å². The van der Waals surface area contributed by atoms with Crippen molar-refractivity contribution in [3.8, 4) is 17.3 Å². The highest BCUT2D eigenvalue weighted by molar-refractivity contribution is 7.98. The third-order valence-corrected chi connectivity index (χ3v) is 7.16. The molecule has 0 amide bonds. The zero-order valence-electron chi connectivity index (χ0n) is 18.9. The number of benzene rings is 3. The van der Waals surface area contributed by atoms with Crippen LogP contribution in [0.1, 0.15) is 27.0 Å². The molecule has 0 fully saturated rings. The molecule has 6 nitrogen and oxygen atoms in total. The Kier molecular flexibility index (Phi) is 8.03. The van der Waals surface area contributed by atoms with E-state index in [4.69, 9.17) is 4.74 Å². The van der Waals surface area contributed by atoms with Crippen LogP contribution in [-0.2, 0) is 16.2 Å². The molecule has 35 heavy (non-hydrogen) atoms. The molecule has 0 aliphatic rings. The highest BCUT2D eigenvalue weighted by Crippen LogP contribution is 2.28. The van der Waals surface area contributed by atoms with E-state index >= 15 is 0 Å². The minimum Gasteiger partial charge on any atom is -0.465 e. The summed E-state index contributed by atoms with van der Waals surface area (Å²) < 4.78 is 4.72. The van der Waals surface area contributed by atoms with Crippen molar-refractivity contribution in [2.75, 3.05) is 7.11 Å². The number of ether oxygens (including phenoxy) is 1. The van der Waals surface area contributed by atoms with E-state index in [2.05, 4.69) is 22.1 Å². The molecule has 174 valence electrons. The smallest absolute Gasteiger partial charge is 0.337 e. The normalized spacial score (nSPS) is 10.5. The molecule has 1 heterocycles. The van der Waals surface area contributed by atoms with E-state index in [1.54, 1.807) is 23.9 Å². The Morgan fingerprint density at radius 3 is 2.26 bits per heavy atom. The first-order chi connectivity index (χ1) is 17.1. The molecule has 0 unspecified atom stereocenters. The summed E-state index contributed by atoms with van der Waals surface area (Å²) in [5.74, 6) is 0.996. The van der Waals surface area contributed by atoms with Gasteiger partial charge in [-0.05, 0) is 35.4 Å². The van der Waals surface area contributed by atoms with Gasteiger partial charge in [-0.15, -0.1) is 11.8 Å². The molecule has 0 aliphatic carbocycles. The second-order valence-electron chi connectivity index (χ2n) is 7.48. The number of H-pyrrole nitrogens is 1. The van der Waals surface area contributed by atoms with Gasteiger partial charge in [0.2, 0.25) is 0 Å². The molecule has 0 saturated heterocycles. The van der Waals surface area contributed by atoms with Crippen LogP contribution in [0.4, 0.5) is 0 Å². The monoisotopic (exact) mass is 499 g/mol. The number of carbonyl (C=O) groups is 1. The van der Waals surface area contributed by atoms with Crippen molar-refractivity contribution in [2.24, 2.45) is 0 Å². The zero-order valence-corrected chi connectivity index (χ0v) is 20.5. The summed E-state index contributed by atoms with van der Waals surface area (Å²) in [5.41, 5.74) is 3.26. The Labute approximate surface area is 211 Å². The number of thioether (sulfide) groups is 2. The van der Waals surface area contributed by atoms with Crippen molar-refractivity contribution >= 4 is 29.5 Å². The van der Waals surface area contributed by atoms with Crippen molar-refractivity contribution in [1.82, 2.24) is 9.97 Å². The molecule has 0 spiro atoms. The molecule has 3 aromatic carbocycles. The molecule has 1 aromatic heterocycles. The maximum atomic E-state index is 12.6. The Morgan fingerprint density at radius 2 is 1.60 bits per heavy atom. The fraction of sp³-hybridized carbons (Fsp3) is 0.111. The van der Waals surface area contributed by atoms with Gasteiger partial charge in [-0.25, -0.2) is 9.78 Å². The summed E-state index contributed by atoms with van der Waals surface area (Å²) in [5, 5.41) is 9.98. The molecule has 4 aromatic rings. The minimum absolute atomic E-state index is 0.0125. The quantitative estimate of drug-likeness (QED) is 0.189. The number of nitriles is 1. The maximum absolute atomic E-state index is 12.6. The van der Waals surface area contributed by atoms with Crippen LogP contribution in [0.3, 0.4) is 0 Å². The average molecular weight is 500 g/mol. The highest BCUT2D eigenvalue weighted by atomic mass is 32.2. The van der Waals surface area contributed by atoms with Crippen LogP contribution in [0.5, 0.6) is 0 Å². The molecule has 0 aliphatic heterocycles. The van der Waals surface area contributed by atoms with Crippen LogP contribution >= 0.6 is 23.5 Å². The zero-order chi connectivity index (χ0) is 24.6. The summed E-state index contributed by atoms with van der Waals surface area (Å²) in [6, 6.07) is 27.0. The molecule has 1 N–H and O–H groups in total. The molecular weight excluding hydrogens is 478 g/mol. The number of nitrogens with zero attached hydrogens (tertiary/aromatic N) is 2. The summed E-state index contributed by atoms with van der Waals surface area (Å²) in [6.07, 6.45) is 0. The first kappa shape index (κ1) is 24.3. The number of rotatable bonds is 8. The van der Waals surface area contributed by atoms with Crippen LogP contribution in [0.15, 0.2) is 93.7 Å². The predicted molar refractivity (Wildman–Crippen MR) is 138 cm³/mol. The predicted octanol–water partition coefficient (Wildman–Crippen LogP) is 5.68. The van der Waals surface area contributed by atoms with Crippen molar-refractivity contribution in [2.45, 2.75) is 21.6 Å². The van der Waals surface area contributed by atoms with E-state index in [1.807, 2.05) is 60.7 Å². The molecule has 0 bridgehead atoms. The van der Waals surface area contributed by atoms with Crippen molar-refractivity contribution < 1.29 is 9.53 Å². The summed E-state index contributed by atoms with van der Waals surface area (Å²) in [6.45, 7) is 0. The standard InChI is InChI=1S/C27H21N3O3S2/c1-33-26(32)21-9-7-19(8-10-21)17-35-27-29-24(23(15-28)25(31)30-27)20-11-13-22(14-12-20)34-16-18-5-3-2-4-6-18/h2-14H,16-17H2,1H3,(H,29,30,31). The summed E-state index contributed by atoms with van der Waals surface area (Å²) >= 11 is 3.07. The van der Waals surface area contributed by atoms with Crippen molar-refractivity contribution in [3.05, 3.63) is 111 Å². The Morgan fingerprint density at radius 1 is 0.943 bits per heavy atom. The van der Waals surface area contributed by atoms with Gasteiger partial charge in [0, 0.05) is 22.0 Å². The van der Waals surface area contributed by atoms with E-state index in [0.29, 0.717) is 27.7 Å². The van der Waals surface area contributed by atoms with Gasteiger partial charge in [0.05, 0.1) is 18.4 Å². The number of carbonyl (C=O) groups excluding carboxylic acids is 1. The third kappa shape index (κ3) is 6.21. The number of aromatic nitrogens is 2. The lowest BCUT2D eigenvalue weighted by molar-refractivity contribution is 0.0600. The van der Waals surface area contributed by atoms with E-state index in [0.717, 1.165) is 16.2 Å². The number of methoxy groups -OCH3 is 1. The van der Waals surface area contributed by atoms with Gasteiger partial charge in [0.25, 0.3) is 5.56 Å². The molecular formula is C27H21N3O3S2. The summed E-state index contributed by atoms with van der Waals surface area (Å²) in [7, 11) is 1.34. The Balaban J connectivity index is 1.49. The molecule has 0 radical (unpaired) electrons. The molecule has 4 rings (SSSR count). The fourth-order valence-corrected chi connectivity index (χ4v) is 4.96. The molecule has 8 heteroatoms. The Bertz CT molecular complexity index is 1410. The maximum Gasteiger partial charge on any atom is 0.337 e. The van der Waals surface area contributed by atoms with Crippen LogP contribution < -0.4 is 5.56 Å². The first-order valence-corrected chi connectivity index (χ1v) is 12.7. The van der Waals surface area contributed by atoms with E-state index in [9.17, 15) is 14.9 Å². The largest absolute Gasteiger partial charge is 0.465 e. The number of hydrogen-bond donors (Lipinski definition) is 1. The second kappa shape index (κ2) is 11.6. The van der Waals surface area contributed by atoms with Crippen molar-refractivity contribution in [1.29, 1.82) is 5.26 Å². The second-order valence-corrected chi connectivity index (χ2v) is 9.50. The van der Waals surface area contributed by atoms with Gasteiger partial charge < -0.3 is 9.72 Å². The lowest BCUT2D eigenvalue weighted by atomic mass is 10.1. The van der Waals surface area contributed by atoms with E-state index in [1.165, 1.54) is 24.4 Å². The van der Waals surface area contributed by atoms with Gasteiger partial charge in [-0.1, -0.05) is 66.4 Å².